The van der Waals surface area contributed by atoms with E-state index in [1.165, 1.54) is 6.07 Å². The minimum absolute atomic E-state index is 0.591. The maximum Gasteiger partial charge on any atom is 0.420 e. The minimum atomic E-state index is -5.05. The predicted octanol–water partition coefficient (Wildman–Crippen LogP) is 2.92. The third-order valence-corrected chi connectivity index (χ3v) is 1.91. The number of rotatable bonds is 2. The van der Waals surface area contributed by atoms with Gasteiger partial charge in [-0.2, -0.15) is 18.4 Å². The lowest BCUT2D eigenvalue weighted by Crippen LogP contribution is -2.14. The van der Waals surface area contributed by atoms with E-state index >= 15 is 0 Å². The number of nitriles is 1. The molecule has 8 heteroatoms. The highest BCUT2D eigenvalue weighted by Crippen LogP contribution is 2.42. The molecular formula is C9H5F5N2O. The zero-order valence-electron chi connectivity index (χ0n) is 8.35. The number of methoxy groups -OCH3 is 1. The number of ether oxygens (including phenoxy) is 1. The molecule has 0 atom stereocenters. The lowest BCUT2D eigenvalue weighted by Gasteiger charge is -2.16. The molecule has 0 amide bonds. The lowest BCUT2D eigenvalue weighted by atomic mass is 10.1. The number of aromatic nitrogens is 1. The first-order chi connectivity index (χ1) is 7.82. The summed E-state index contributed by atoms with van der Waals surface area (Å²) in [5, 5.41) is 8.47. The van der Waals surface area contributed by atoms with Crippen LogP contribution < -0.4 is 4.74 Å². The molecule has 0 N–H and O–H groups in total. The fraction of sp³-hybridized carbons (Fsp3) is 0.333. The fourth-order valence-electron chi connectivity index (χ4n) is 1.26. The number of pyridine rings is 1. The van der Waals surface area contributed by atoms with E-state index < -0.39 is 35.2 Å². The monoisotopic (exact) mass is 252 g/mol. The second kappa shape index (κ2) is 4.53. The van der Waals surface area contributed by atoms with Crippen LogP contribution in [0.25, 0.3) is 0 Å². The Hall–Kier alpha value is -1.91. The van der Waals surface area contributed by atoms with Crippen molar-refractivity contribution in [1.29, 1.82) is 5.26 Å². The molecule has 92 valence electrons. The third kappa shape index (κ3) is 2.43. The van der Waals surface area contributed by atoms with Gasteiger partial charge in [-0.25, -0.2) is 13.8 Å². The van der Waals surface area contributed by atoms with Crippen molar-refractivity contribution < 1.29 is 26.7 Å². The topological polar surface area (TPSA) is 45.9 Å². The van der Waals surface area contributed by atoms with Crippen molar-refractivity contribution in [2.24, 2.45) is 0 Å². The molecule has 0 bridgehead atoms. The van der Waals surface area contributed by atoms with Crippen LogP contribution in [0.3, 0.4) is 0 Å². The molecule has 3 nitrogen and oxygen atoms in total. The molecule has 0 aliphatic heterocycles. The van der Waals surface area contributed by atoms with Gasteiger partial charge in [0.15, 0.2) is 0 Å². The molecule has 0 aliphatic carbocycles. The van der Waals surface area contributed by atoms with Crippen LogP contribution in [0, 0.1) is 11.3 Å². The van der Waals surface area contributed by atoms with Gasteiger partial charge in [-0.1, -0.05) is 0 Å². The minimum Gasteiger partial charge on any atom is -0.494 e. The Kier molecular flexibility index (Phi) is 3.50. The molecule has 0 saturated heterocycles. The Morgan fingerprint density at radius 2 is 2.00 bits per heavy atom. The van der Waals surface area contributed by atoms with Gasteiger partial charge in [-0.15, -0.1) is 0 Å². The fourth-order valence-corrected chi connectivity index (χ4v) is 1.26. The zero-order chi connectivity index (χ0) is 13.2. The summed E-state index contributed by atoms with van der Waals surface area (Å²) in [6.45, 7) is 0. The summed E-state index contributed by atoms with van der Waals surface area (Å²) >= 11 is 0. The van der Waals surface area contributed by atoms with Crippen LogP contribution in [0.4, 0.5) is 22.0 Å². The summed E-state index contributed by atoms with van der Waals surface area (Å²) in [6.07, 6.45) is -7.93. The largest absolute Gasteiger partial charge is 0.494 e. The third-order valence-electron chi connectivity index (χ3n) is 1.91. The van der Waals surface area contributed by atoms with E-state index in [1.54, 1.807) is 0 Å². The highest BCUT2D eigenvalue weighted by atomic mass is 19.4. The molecule has 1 aromatic heterocycles. The molecule has 1 rings (SSSR count). The van der Waals surface area contributed by atoms with Crippen molar-refractivity contribution in [1.82, 2.24) is 4.98 Å². The number of hydrogen-bond acceptors (Lipinski definition) is 3. The van der Waals surface area contributed by atoms with Crippen LogP contribution in [0.5, 0.6) is 5.75 Å². The Morgan fingerprint density at radius 1 is 1.41 bits per heavy atom. The second-order valence-corrected chi connectivity index (χ2v) is 2.87. The summed E-state index contributed by atoms with van der Waals surface area (Å²) in [6, 6.07) is 1.19. The van der Waals surface area contributed by atoms with E-state index in [-0.39, 0.29) is 0 Å². The average molecular weight is 252 g/mol. The Bertz CT molecular complexity index is 464. The first-order valence-corrected chi connectivity index (χ1v) is 4.15. The maximum absolute atomic E-state index is 12.6. The number of hydrogen-bond donors (Lipinski definition) is 0. The molecule has 0 unspecified atom stereocenters. The molecule has 0 saturated carbocycles. The Balaban J connectivity index is 3.67. The number of halogens is 5. The van der Waals surface area contributed by atoms with Gasteiger partial charge in [0.2, 0.25) is 0 Å². The van der Waals surface area contributed by atoms with E-state index in [2.05, 4.69) is 9.72 Å². The van der Waals surface area contributed by atoms with Crippen molar-refractivity contribution in [3.05, 3.63) is 23.0 Å². The van der Waals surface area contributed by atoms with Gasteiger partial charge in [0, 0.05) is 0 Å². The molecule has 0 fully saturated rings. The standard InChI is InChI=1S/C9H5F5N2O/c1-17-5-3-16-4(2-15)6(8(10)11)7(5)9(12,13)14/h3,8H,1H3. The van der Waals surface area contributed by atoms with Gasteiger partial charge < -0.3 is 4.74 Å². The first-order valence-electron chi connectivity index (χ1n) is 4.15. The molecule has 17 heavy (non-hydrogen) atoms. The number of nitrogens with zero attached hydrogens (tertiary/aromatic N) is 2. The van der Waals surface area contributed by atoms with Gasteiger partial charge >= 0.3 is 6.18 Å². The average Bonchev–Trinajstić information content (AvgIpc) is 2.25. The van der Waals surface area contributed by atoms with Gasteiger partial charge in [-0.05, 0) is 0 Å². The molecule has 1 heterocycles. The van der Waals surface area contributed by atoms with Crippen LogP contribution in [0.1, 0.15) is 23.2 Å². The predicted molar refractivity (Wildman–Crippen MR) is 45.5 cm³/mol. The van der Waals surface area contributed by atoms with Gasteiger partial charge in [-0.3, -0.25) is 0 Å². The van der Waals surface area contributed by atoms with Crippen LogP contribution >= 0.6 is 0 Å². The summed E-state index contributed by atoms with van der Waals surface area (Å²) in [5.74, 6) is -0.841. The van der Waals surface area contributed by atoms with E-state index in [0.29, 0.717) is 6.20 Å². The van der Waals surface area contributed by atoms with Crippen LogP contribution in [0.15, 0.2) is 6.20 Å². The van der Waals surface area contributed by atoms with E-state index in [0.717, 1.165) is 7.11 Å². The van der Waals surface area contributed by atoms with Crippen molar-refractivity contribution in [2.45, 2.75) is 12.6 Å². The Labute approximate surface area is 92.4 Å². The quantitative estimate of drug-likeness (QED) is 0.760. The molecule has 0 radical (unpaired) electrons. The van der Waals surface area contributed by atoms with Crippen LogP contribution in [0.2, 0.25) is 0 Å². The number of alkyl halides is 5. The normalized spacial score (nSPS) is 11.4. The van der Waals surface area contributed by atoms with Gasteiger partial charge in [0.05, 0.1) is 18.9 Å². The smallest absolute Gasteiger partial charge is 0.420 e. The van der Waals surface area contributed by atoms with E-state index in [9.17, 15) is 22.0 Å². The highest BCUT2D eigenvalue weighted by molar-refractivity contribution is 5.47. The first kappa shape index (κ1) is 13.2. The van der Waals surface area contributed by atoms with Gasteiger partial charge in [0.25, 0.3) is 6.43 Å². The van der Waals surface area contributed by atoms with Crippen molar-refractivity contribution in [3.63, 3.8) is 0 Å². The van der Waals surface area contributed by atoms with E-state index in [4.69, 9.17) is 5.26 Å². The second-order valence-electron chi connectivity index (χ2n) is 2.87. The molecule has 1 aromatic rings. The van der Waals surface area contributed by atoms with Crippen LogP contribution in [-0.4, -0.2) is 12.1 Å². The SMILES string of the molecule is COc1cnc(C#N)c(C(F)F)c1C(F)(F)F. The lowest BCUT2D eigenvalue weighted by molar-refractivity contribution is -0.140. The molecule has 0 aliphatic rings. The summed E-state index contributed by atoms with van der Waals surface area (Å²) in [4.78, 5) is 3.20. The maximum atomic E-state index is 12.6. The summed E-state index contributed by atoms with van der Waals surface area (Å²) in [7, 11) is 0.896. The van der Waals surface area contributed by atoms with Gasteiger partial charge in [0.1, 0.15) is 23.1 Å². The highest BCUT2D eigenvalue weighted by Gasteiger charge is 2.41. The molecular weight excluding hydrogens is 247 g/mol. The summed E-state index contributed by atoms with van der Waals surface area (Å²) in [5.41, 5.74) is -4.09. The van der Waals surface area contributed by atoms with Crippen molar-refractivity contribution in [2.75, 3.05) is 7.11 Å². The molecule has 0 spiro atoms. The van der Waals surface area contributed by atoms with Crippen LogP contribution in [-0.2, 0) is 6.18 Å². The van der Waals surface area contributed by atoms with Crippen molar-refractivity contribution >= 4 is 0 Å². The Morgan fingerprint density at radius 3 is 2.35 bits per heavy atom. The zero-order valence-corrected chi connectivity index (χ0v) is 8.35. The van der Waals surface area contributed by atoms with E-state index in [1.807, 2.05) is 0 Å². The van der Waals surface area contributed by atoms with Crippen molar-refractivity contribution in [3.8, 4) is 11.8 Å². The molecule has 0 aromatic carbocycles. The summed E-state index contributed by atoms with van der Waals surface area (Å²) < 4.78 is 67.4.